The summed E-state index contributed by atoms with van der Waals surface area (Å²) in [5.41, 5.74) is 1.68. The molecule has 0 spiro atoms. The molecule has 0 aliphatic carbocycles. The van der Waals surface area contributed by atoms with Crippen LogP contribution in [0, 0.1) is 18.6 Å². The van der Waals surface area contributed by atoms with Crippen LogP contribution in [0.15, 0.2) is 34.8 Å². The molecule has 0 saturated heterocycles. The molecule has 0 aliphatic rings. The molecule has 0 aliphatic heterocycles. The number of aryl methyl sites for hydroxylation is 1. The summed E-state index contributed by atoms with van der Waals surface area (Å²) in [6, 6.07) is 7.53. The third kappa shape index (κ3) is 2.69. The van der Waals surface area contributed by atoms with Crippen LogP contribution in [0.4, 0.5) is 8.78 Å². The third-order valence-corrected chi connectivity index (χ3v) is 3.94. The molecule has 2 aromatic carbocycles. The second kappa shape index (κ2) is 5.89. The maximum absolute atomic E-state index is 13.5. The first-order chi connectivity index (χ1) is 9.45. The van der Waals surface area contributed by atoms with Crippen molar-refractivity contribution in [2.24, 2.45) is 0 Å². The lowest BCUT2D eigenvalue weighted by Crippen LogP contribution is -2.05. The quantitative estimate of drug-likeness (QED) is 0.850. The van der Waals surface area contributed by atoms with E-state index in [1.54, 1.807) is 25.3 Å². The molecular formula is C15H13BrF2O2. The van der Waals surface area contributed by atoms with E-state index in [9.17, 15) is 13.9 Å². The SMILES string of the molecule is COc1ccc(C(O)c2ccc(F)c(F)c2Br)c(C)c1. The molecule has 0 radical (unpaired) electrons. The summed E-state index contributed by atoms with van der Waals surface area (Å²) in [6.45, 7) is 1.81. The van der Waals surface area contributed by atoms with Gasteiger partial charge in [0.2, 0.25) is 0 Å². The minimum Gasteiger partial charge on any atom is -0.497 e. The fourth-order valence-corrected chi connectivity index (χ4v) is 2.54. The molecule has 0 saturated carbocycles. The first-order valence-electron chi connectivity index (χ1n) is 5.91. The molecular weight excluding hydrogens is 330 g/mol. The number of methoxy groups -OCH3 is 1. The molecule has 1 atom stereocenters. The van der Waals surface area contributed by atoms with Crippen molar-refractivity contribution in [2.75, 3.05) is 7.11 Å². The van der Waals surface area contributed by atoms with Crippen LogP contribution in [0.5, 0.6) is 5.75 Å². The number of aliphatic hydroxyl groups excluding tert-OH is 1. The van der Waals surface area contributed by atoms with Crippen LogP contribution in [0.3, 0.4) is 0 Å². The highest BCUT2D eigenvalue weighted by atomic mass is 79.9. The zero-order valence-corrected chi connectivity index (χ0v) is 12.5. The minimum atomic E-state index is -1.05. The van der Waals surface area contributed by atoms with Crippen LogP contribution in [-0.2, 0) is 0 Å². The third-order valence-electron chi connectivity index (χ3n) is 3.13. The van der Waals surface area contributed by atoms with E-state index in [1.165, 1.54) is 6.07 Å². The van der Waals surface area contributed by atoms with Gasteiger partial charge in [-0.15, -0.1) is 0 Å². The van der Waals surface area contributed by atoms with Crippen LogP contribution in [0.2, 0.25) is 0 Å². The van der Waals surface area contributed by atoms with Crippen LogP contribution in [0.25, 0.3) is 0 Å². The highest BCUT2D eigenvalue weighted by Gasteiger charge is 2.20. The molecule has 5 heteroatoms. The molecule has 0 fully saturated rings. The van der Waals surface area contributed by atoms with Gasteiger partial charge in [-0.25, -0.2) is 8.78 Å². The highest BCUT2D eigenvalue weighted by Crippen LogP contribution is 2.33. The Morgan fingerprint density at radius 3 is 2.40 bits per heavy atom. The number of benzene rings is 2. The van der Waals surface area contributed by atoms with Crippen molar-refractivity contribution in [3.05, 3.63) is 63.1 Å². The predicted octanol–water partition coefficient (Wildman–Crippen LogP) is 4.13. The Kier molecular flexibility index (Phi) is 4.40. The lowest BCUT2D eigenvalue weighted by Gasteiger charge is -2.17. The second-order valence-electron chi connectivity index (χ2n) is 4.39. The van der Waals surface area contributed by atoms with Gasteiger partial charge in [-0.05, 0) is 52.2 Å². The van der Waals surface area contributed by atoms with Crippen molar-refractivity contribution in [1.29, 1.82) is 0 Å². The van der Waals surface area contributed by atoms with E-state index < -0.39 is 17.7 Å². The molecule has 2 aromatic rings. The molecule has 2 rings (SSSR count). The molecule has 106 valence electrons. The molecule has 1 N–H and O–H groups in total. The van der Waals surface area contributed by atoms with Gasteiger partial charge in [-0.3, -0.25) is 0 Å². The van der Waals surface area contributed by atoms with Gasteiger partial charge < -0.3 is 9.84 Å². The van der Waals surface area contributed by atoms with Gasteiger partial charge in [0, 0.05) is 5.56 Å². The minimum absolute atomic E-state index is 0.0692. The zero-order valence-electron chi connectivity index (χ0n) is 11.0. The Morgan fingerprint density at radius 1 is 1.15 bits per heavy atom. The van der Waals surface area contributed by atoms with Gasteiger partial charge in [0.1, 0.15) is 11.9 Å². The zero-order chi connectivity index (χ0) is 14.9. The lowest BCUT2D eigenvalue weighted by atomic mass is 9.97. The lowest BCUT2D eigenvalue weighted by molar-refractivity contribution is 0.217. The number of hydrogen-bond acceptors (Lipinski definition) is 2. The Hall–Kier alpha value is -1.46. The average molecular weight is 343 g/mol. The van der Waals surface area contributed by atoms with E-state index in [2.05, 4.69) is 15.9 Å². The number of aliphatic hydroxyl groups is 1. The van der Waals surface area contributed by atoms with Gasteiger partial charge in [0.15, 0.2) is 11.6 Å². The van der Waals surface area contributed by atoms with Gasteiger partial charge in [0.05, 0.1) is 11.6 Å². The van der Waals surface area contributed by atoms with Gasteiger partial charge in [0.25, 0.3) is 0 Å². The van der Waals surface area contributed by atoms with Crippen molar-refractivity contribution in [1.82, 2.24) is 0 Å². The smallest absolute Gasteiger partial charge is 0.173 e. The Morgan fingerprint density at radius 2 is 1.80 bits per heavy atom. The largest absolute Gasteiger partial charge is 0.497 e. The van der Waals surface area contributed by atoms with Crippen molar-refractivity contribution in [3.63, 3.8) is 0 Å². The van der Waals surface area contributed by atoms with Crippen molar-refractivity contribution >= 4 is 15.9 Å². The van der Waals surface area contributed by atoms with Crippen molar-refractivity contribution in [3.8, 4) is 5.75 Å². The summed E-state index contributed by atoms with van der Waals surface area (Å²) in [4.78, 5) is 0. The van der Waals surface area contributed by atoms with E-state index >= 15 is 0 Å². The normalized spacial score (nSPS) is 12.3. The predicted molar refractivity (Wildman–Crippen MR) is 75.9 cm³/mol. The van der Waals surface area contributed by atoms with E-state index in [-0.39, 0.29) is 10.0 Å². The van der Waals surface area contributed by atoms with E-state index in [1.807, 2.05) is 6.92 Å². The summed E-state index contributed by atoms with van der Waals surface area (Å²) in [6.07, 6.45) is -1.05. The summed E-state index contributed by atoms with van der Waals surface area (Å²) < 4.78 is 31.7. The van der Waals surface area contributed by atoms with Gasteiger partial charge >= 0.3 is 0 Å². The van der Waals surface area contributed by atoms with Crippen molar-refractivity contribution in [2.45, 2.75) is 13.0 Å². The Balaban J connectivity index is 2.46. The summed E-state index contributed by atoms with van der Waals surface area (Å²) in [5.74, 6) is -1.30. The molecule has 1 unspecified atom stereocenters. The molecule has 20 heavy (non-hydrogen) atoms. The second-order valence-corrected chi connectivity index (χ2v) is 5.18. The number of ether oxygens (including phenoxy) is 1. The van der Waals surface area contributed by atoms with E-state index in [0.29, 0.717) is 11.3 Å². The van der Waals surface area contributed by atoms with E-state index in [4.69, 9.17) is 4.74 Å². The molecule has 2 nitrogen and oxygen atoms in total. The number of rotatable bonds is 3. The monoisotopic (exact) mass is 342 g/mol. The standard InChI is InChI=1S/C15H13BrF2O2/c1-8-7-9(20-2)3-4-10(8)15(19)11-5-6-12(17)14(18)13(11)16/h3-7,15,19H,1-2H3. The summed E-state index contributed by atoms with van der Waals surface area (Å²) in [7, 11) is 1.55. The van der Waals surface area contributed by atoms with Crippen LogP contribution in [-0.4, -0.2) is 12.2 Å². The van der Waals surface area contributed by atoms with Gasteiger partial charge in [-0.1, -0.05) is 12.1 Å². The fraction of sp³-hybridized carbons (Fsp3) is 0.200. The maximum Gasteiger partial charge on any atom is 0.173 e. The summed E-state index contributed by atoms with van der Waals surface area (Å²) >= 11 is 2.98. The van der Waals surface area contributed by atoms with Crippen molar-refractivity contribution < 1.29 is 18.6 Å². The number of hydrogen-bond donors (Lipinski definition) is 1. The maximum atomic E-state index is 13.5. The average Bonchev–Trinajstić information content (AvgIpc) is 2.44. The Bertz CT molecular complexity index is 644. The molecule has 0 bridgehead atoms. The molecule has 0 aromatic heterocycles. The fourth-order valence-electron chi connectivity index (χ4n) is 2.00. The van der Waals surface area contributed by atoms with Crippen LogP contribution >= 0.6 is 15.9 Å². The number of halogens is 3. The van der Waals surface area contributed by atoms with Gasteiger partial charge in [-0.2, -0.15) is 0 Å². The highest BCUT2D eigenvalue weighted by molar-refractivity contribution is 9.10. The summed E-state index contributed by atoms with van der Waals surface area (Å²) in [5, 5.41) is 10.4. The molecule has 0 heterocycles. The van der Waals surface area contributed by atoms with Crippen LogP contribution in [0.1, 0.15) is 22.8 Å². The first kappa shape index (κ1) is 14.9. The molecule has 0 amide bonds. The van der Waals surface area contributed by atoms with E-state index in [0.717, 1.165) is 11.6 Å². The first-order valence-corrected chi connectivity index (χ1v) is 6.71. The Labute approximate surface area is 124 Å². The topological polar surface area (TPSA) is 29.5 Å². The van der Waals surface area contributed by atoms with Crippen LogP contribution < -0.4 is 4.74 Å².